The molecule has 1 aromatic carbocycles. The van der Waals surface area contributed by atoms with Gasteiger partial charge in [-0.1, -0.05) is 6.08 Å². The van der Waals surface area contributed by atoms with Gasteiger partial charge < -0.3 is 14.7 Å². The molecule has 2 aliphatic heterocycles. The molecule has 164 valence electrons. The number of alkyl halides is 6. The molecular weight excluding hydrogens is 418 g/mol. The van der Waals surface area contributed by atoms with Crippen molar-refractivity contribution in [3.63, 3.8) is 0 Å². The summed E-state index contributed by atoms with van der Waals surface area (Å²) in [7, 11) is 0. The first-order valence-corrected chi connectivity index (χ1v) is 9.06. The average Bonchev–Trinajstić information content (AvgIpc) is 2.99. The van der Waals surface area contributed by atoms with Crippen LogP contribution >= 0.6 is 0 Å². The van der Waals surface area contributed by atoms with Crippen LogP contribution in [0, 0.1) is 0 Å². The highest BCUT2D eigenvalue weighted by molar-refractivity contribution is 6.13. The van der Waals surface area contributed by atoms with E-state index < -0.39 is 54.2 Å². The number of carbonyl (C=O) groups is 1. The molecule has 2 heterocycles. The number of carbonyl (C=O) groups excluding carboxylic acids is 1. The fourth-order valence-corrected chi connectivity index (χ4v) is 3.98. The van der Waals surface area contributed by atoms with E-state index in [1.807, 2.05) is 0 Å². The molecule has 5 nitrogen and oxygen atoms in total. The van der Waals surface area contributed by atoms with Gasteiger partial charge in [0, 0.05) is 41.6 Å². The first-order valence-electron chi connectivity index (χ1n) is 9.06. The van der Waals surface area contributed by atoms with Crippen LogP contribution in [-0.2, 0) is 22.3 Å². The lowest BCUT2D eigenvalue weighted by atomic mass is 9.92. The normalized spacial score (nSPS) is 18.2. The van der Waals surface area contributed by atoms with Crippen LogP contribution in [0.5, 0.6) is 0 Å². The third kappa shape index (κ3) is 4.03. The molecule has 3 rings (SSSR count). The van der Waals surface area contributed by atoms with Gasteiger partial charge in [0.1, 0.15) is 0 Å². The van der Waals surface area contributed by atoms with Crippen molar-refractivity contribution in [1.82, 2.24) is 0 Å². The zero-order chi connectivity index (χ0) is 22.4. The Morgan fingerprint density at radius 2 is 1.93 bits per heavy atom. The summed E-state index contributed by atoms with van der Waals surface area (Å²) in [4.78, 5) is 16.2. The molecule has 1 atom stereocenters. The summed E-state index contributed by atoms with van der Waals surface area (Å²) in [6, 6.07) is -1.11. The number of aliphatic hydroxyl groups is 1. The number of ether oxygens (including phenoxy) is 1. The number of fused-ring (bicyclic) bond motifs is 3. The second-order valence-electron chi connectivity index (χ2n) is 6.92. The van der Waals surface area contributed by atoms with Crippen molar-refractivity contribution in [2.24, 2.45) is 4.99 Å². The predicted molar refractivity (Wildman–Crippen MR) is 96.5 cm³/mol. The molecule has 2 aliphatic rings. The number of anilines is 1. The van der Waals surface area contributed by atoms with Crippen LogP contribution < -0.4 is 15.3 Å². The number of benzene rings is 1. The predicted octanol–water partition coefficient (Wildman–Crippen LogP) is 2.92. The van der Waals surface area contributed by atoms with Crippen LogP contribution in [0.2, 0.25) is 0 Å². The van der Waals surface area contributed by atoms with Gasteiger partial charge in [0.05, 0.1) is 30.0 Å². The molecule has 0 aliphatic carbocycles. The van der Waals surface area contributed by atoms with E-state index in [1.54, 1.807) is 0 Å². The van der Waals surface area contributed by atoms with Gasteiger partial charge in [-0.05, 0) is 13.3 Å². The van der Waals surface area contributed by atoms with Crippen molar-refractivity contribution in [1.29, 1.82) is 0 Å². The van der Waals surface area contributed by atoms with Crippen LogP contribution in [0.3, 0.4) is 0 Å². The molecule has 30 heavy (non-hydrogen) atoms. The van der Waals surface area contributed by atoms with Crippen molar-refractivity contribution >= 4 is 35.4 Å². The Balaban J connectivity index is 2.33. The van der Waals surface area contributed by atoms with E-state index in [0.717, 1.165) is 13.0 Å². The molecule has 1 aromatic rings. The third-order valence-electron chi connectivity index (χ3n) is 4.93. The first-order chi connectivity index (χ1) is 13.9. The van der Waals surface area contributed by atoms with Crippen molar-refractivity contribution < 1.29 is 41.0 Å². The van der Waals surface area contributed by atoms with Gasteiger partial charge in [-0.3, -0.25) is 4.79 Å². The molecule has 0 radical (unpaired) electrons. The lowest BCUT2D eigenvalue weighted by Gasteiger charge is -2.38. The molecule has 0 amide bonds. The minimum Gasteiger partial charge on any atom is -0.408 e. The molecule has 0 aromatic heterocycles. The molecule has 0 saturated heterocycles. The first kappa shape index (κ1) is 22.1. The number of aliphatic imine (C=N–C) groups is 1. The fraction of sp³-hybridized carbons (Fsp3) is 0.474. The number of halogens is 6. The quantitative estimate of drug-likeness (QED) is 0.585. The number of esters is 1. The summed E-state index contributed by atoms with van der Waals surface area (Å²) < 4.78 is 85.7. The maximum Gasteiger partial charge on any atom is 0.418 e. The lowest BCUT2D eigenvalue weighted by Crippen LogP contribution is -2.48. The van der Waals surface area contributed by atoms with E-state index in [0.29, 0.717) is 0 Å². The Bertz CT molecular complexity index is 1030. The van der Waals surface area contributed by atoms with Gasteiger partial charge in [-0.15, -0.1) is 0 Å². The molecule has 0 fully saturated rings. The number of nitrogens with zero attached hydrogens (tertiary/aromatic N) is 2. The molecule has 1 N–H and O–H groups in total. The van der Waals surface area contributed by atoms with Crippen molar-refractivity contribution in [2.75, 3.05) is 11.4 Å². The minimum atomic E-state index is -4.95. The minimum absolute atomic E-state index is 0.00231. The van der Waals surface area contributed by atoms with Crippen LogP contribution in [0.25, 0.3) is 12.2 Å². The summed E-state index contributed by atoms with van der Waals surface area (Å²) >= 11 is 0. The molecule has 0 saturated carbocycles. The third-order valence-corrected chi connectivity index (χ3v) is 4.93. The number of hydrogen-bond acceptors (Lipinski definition) is 5. The Morgan fingerprint density at radius 1 is 1.27 bits per heavy atom. The lowest BCUT2D eigenvalue weighted by molar-refractivity contribution is -0.139. The second-order valence-corrected chi connectivity index (χ2v) is 6.92. The number of rotatable bonds is 3. The summed E-state index contributed by atoms with van der Waals surface area (Å²) in [6.45, 7) is 1.55. The summed E-state index contributed by atoms with van der Waals surface area (Å²) in [5.74, 6) is -1.14. The van der Waals surface area contributed by atoms with Crippen LogP contribution in [-0.4, -0.2) is 35.7 Å². The van der Waals surface area contributed by atoms with E-state index in [-0.39, 0.29) is 35.0 Å². The van der Waals surface area contributed by atoms with Gasteiger partial charge >= 0.3 is 18.3 Å². The van der Waals surface area contributed by atoms with E-state index in [9.17, 15) is 36.2 Å². The molecular formula is C19H18F6N2O3. The summed E-state index contributed by atoms with van der Waals surface area (Å²) in [5.41, 5.74) is -2.44. The number of hydrogen-bond donors (Lipinski definition) is 1. The van der Waals surface area contributed by atoms with Crippen LogP contribution in [0.1, 0.15) is 37.8 Å². The van der Waals surface area contributed by atoms with Gasteiger partial charge in [0.25, 0.3) is 0 Å². The van der Waals surface area contributed by atoms with E-state index in [4.69, 9.17) is 4.74 Å². The largest absolute Gasteiger partial charge is 0.418 e. The summed E-state index contributed by atoms with van der Waals surface area (Å²) in [6.07, 6.45) is -8.15. The highest BCUT2D eigenvalue weighted by Crippen LogP contribution is 2.42. The van der Waals surface area contributed by atoms with Gasteiger partial charge in [-0.25, -0.2) is 4.99 Å². The number of aliphatic hydroxyl groups excluding tert-OH is 1. The standard InChI is InChI=1S/C19H18F6N2O3/c1-3-27-10(7-18(20,21)22)4-5-11-12-6-14(30-9(2)29)26-16(12)15(19(23,24)25)13(8-28)17(11)27/h5-6,10,28H,3-4,7-8H2,1-2H3. The average molecular weight is 436 g/mol. The SMILES string of the molecule is CCN1c2c(CO)c(C(F)(F)F)c3c(c2=CCC1CC(F)(F)F)=CC(OC(C)=O)=N3. The van der Waals surface area contributed by atoms with Gasteiger partial charge in [0.2, 0.25) is 5.90 Å². The summed E-state index contributed by atoms with van der Waals surface area (Å²) in [5, 5.41) is 10.0. The Hall–Kier alpha value is -2.56. The zero-order valence-electron chi connectivity index (χ0n) is 16.0. The van der Waals surface area contributed by atoms with Crippen LogP contribution in [0.4, 0.5) is 37.7 Å². The monoisotopic (exact) mass is 436 g/mol. The zero-order valence-corrected chi connectivity index (χ0v) is 16.0. The molecule has 0 bridgehead atoms. The van der Waals surface area contributed by atoms with Gasteiger partial charge in [0.15, 0.2) is 0 Å². The van der Waals surface area contributed by atoms with E-state index in [2.05, 4.69) is 4.99 Å². The Kier molecular flexibility index (Phi) is 5.61. The topological polar surface area (TPSA) is 62.1 Å². The van der Waals surface area contributed by atoms with Crippen LogP contribution in [0.15, 0.2) is 4.99 Å². The molecule has 1 unspecified atom stereocenters. The fourth-order valence-electron chi connectivity index (χ4n) is 3.98. The Morgan fingerprint density at radius 3 is 2.43 bits per heavy atom. The van der Waals surface area contributed by atoms with E-state index in [1.165, 1.54) is 17.9 Å². The highest BCUT2D eigenvalue weighted by atomic mass is 19.4. The molecule has 11 heteroatoms. The van der Waals surface area contributed by atoms with Crippen molar-refractivity contribution in [3.05, 3.63) is 21.6 Å². The van der Waals surface area contributed by atoms with Crippen molar-refractivity contribution in [3.8, 4) is 0 Å². The maximum atomic E-state index is 13.9. The van der Waals surface area contributed by atoms with E-state index >= 15 is 0 Å². The molecule has 0 spiro atoms. The van der Waals surface area contributed by atoms with Gasteiger partial charge in [-0.2, -0.15) is 26.3 Å². The second kappa shape index (κ2) is 7.60. The smallest absolute Gasteiger partial charge is 0.408 e. The Labute approximate surface area is 167 Å². The van der Waals surface area contributed by atoms with Crippen molar-refractivity contribution in [2.45, 2.75) is 51.7 Å². The highest BCUT2D eigenvalue weighted by Gasteiger charge is 2.42. The maximum absolute atomic E-state index is 13.9.